The fourth-order valence-electron chi connectivity index (χ4n) is 3.00. The molecular formula is C15H28N2O3. The number of hydrogen-bond donors (Lipinski definition) is 2. The summed E-state index contributed by atoms with van der Waals surface area (Å²) in [5, 5.41) is 12.1. The van der Waals surface area contributed by atoms with Crippen molar-refractivity contribution in [3.05, 3.63) is 0 Å². The zero-order chi connectivity index (χ0) is 15.0. The first kappa shape index (κ1) is 17.0. The molecule has 116 valence electrons. The Hall–Kier alpha value is -1.10. The van der Waals surface area contributed by atoms with Gasteiger partial charge < -0.3 is 15.3 Å². The van der Waals surface area contributed by atoms with E-state index in [0.717, 1.165) is 38.8 Å². The van der Waals surface area contributed by atoms with Crippen LogP contribution in [0, 0.1) is 0 Å². The van der Waals surface area contributed by atoms with Crippen LogP contribution in [0.2, 0.25) is 0 Å². The molecule has 0 spiro atoms. The maximum absolute atomic E-state index is 12.8. The number of likely N-dealkylation sites (N-methyl/N-ethyl adjacent to an activating group) is 1. The average Bonchev–Trinajstić information content (AvgIpc) is 2.45. The lowest BCUT2D eigenvalue weighted by Gasteiger charge is -2.40. The van der Waals surface area contributed by atoms with Gasteiger partial charge in [0.1, 0.15) is 0 Å². The fourth-order valence-corrected chi connectivity index (χ4v) is 3.00. The molecule has 0 heterocycles. The van der Waals surface area contributed by atoms with E-state index in [1.54, 1.807) is 0 Å². The molecule has 0 aromatic heterocycles. The van der Waals surface area contributed by atoms with Gasteiger partial charge in [0.15, 0.2) is 0 Å². The Bertz CT molecular complexity index is 321. The van der Waals surface area contributed by atoms with Crippen LogP contribution in [0.25, 0.3) is 0 Å². The molecular weight excluding hydrogens is 256 g/mol. The molecule has 0 radical (unpaired) electrons. The molecule has 0 aliphatic heterocycles. The van der Waals surface area contributed by atoms with Gasteiger partial charge >= 0.3 is 5.97 Å². The zero-order valence-electron chi connectivity index (χ0n) is 12.8. The van der Waals surface area contributed by atoms with Gasteiger partial charge in [-0.3, -0.25) is 9.59 Å². The van der Waals surface area contributed by atoms with E-state index in [0.29, 0.717) is 13.0 Å². The van der Waals surface area contributed by atoms with Gasteiger partial charge in [-0.1, -0.05) is 19.3 Å². The maximum atomic E-state index is 12.8. The van der Waals surface area contributed by atoms with Crippen molar-refractivity contribution in [1.29, 1.82) is 0 Å². The summed E-state index contributed by atoms with van der Waals surface area (Å²) in [6.07, 6.45) is 5.79. The Morgan fingerprint density at radius 1 is 1.15 bits per heavy atom. The fraction of sp³-hybridized carbons (Fsp3) is 0.867. The minimum Gasteiger partial charge on any atom is -0.481 e. The topological polar surface area (TPSA) is 69.6 Å². The van der Waals surface area contributed by atoms with Crippen LogP contribution in [0.15, 0.2) is 0 Å². The van der Waals surface area contributed by atoms with Crippen molar-refractivity contribution in [2.45, 2.75) is 64.3 Å². The number of carboxylic acids is 1. The molecule has 1 fully saturated rings. The predicted molar refractivity (Wildman–Crippen MR) is 78.6 cm³/mol. The molecule has 0 unspecified atom stereocenters. The normalized spacial score (nSPS) is 17.7. The Balaban J connectivity index is 2.65. The third-order valence-electron chi connectivity index (χ3n) is 4.20. The Morgan fingerprint density at radius 2 is 1.75 bits per heavy atom. The molecule has 0 aromatic rings. The van der Waals surface area contributed by atoms with E-state index in [1.807, 2.05) is 18.7 Å². The number of nitrogens with zero attached hydrogens (tertiary/aromatic N) is 1. The first-order valence-corrected chi connectivity index (χ1v) is 7.82. The third kappa shape index (κ3) is 4.47. The lowest BCUT2D eigenvalue weighted by Crippen LogP contribution is -2.59. The second-order valence-electron chi connectivity index (χ2n) is 5.54. The minimum absolute atomic E-state index is 0.155. The molecule has 0 aromatic carbocycles. The average molecular weight is 284 g/mol. The highest BCUT2D eigenvalue weighted by atomic mass is 16.4. The van der Waals surface area contributed by atoms with Crippen molar-refractivity contribution in [2.24, 2.45) is 0 Å². The number of amides is 1. The van der Waals surface area contributed by atoms with Crippen LogP contribution in [0.4, 0.5) is 0 Å². The summed E-state index contributed by atoms with van der Waals surface area (Å²) < 4.78 is 0. The van der Waals surface area contributed by atoms with Crippen LogP contribution >= 0.6 is 0 Å². The number of hydrogen-bond acceptors (Lipinski definition) is 3. The van der Waals surface area contributed by atoms with E-state index in [9.17, 15) is 9.59 Å². The summed E-state index contributed by atoms with van der Waals surface area (Å²) in [7, 11) is 0. The largest absolute Gasteiger partial charge is 0.481 e. The minimum atomic E-state index is -0.778. The maximum Gasteiger partial charge on any atom is 0.303 e. The van der Waals surface area contributed by atoms with Crippen LogP contribution in [0.1, 0.15) is 58.8 Å². The molecule has 0 atom stereocenters. The predicted octanol–water partition coefficient (Wildman–Crippen LogP) is 2.01. The van der Waals surface area contributed by atoms with Crippen molar-refractivity contribution in [3.63, 3.8) is 0 Å². The molecule has 5 nitrogen and oxygen atoms in total. The van der Waals surface area contributed by atoms with E-state index >= 15 is 0 Å². The second-order valence-corrected chi connectivity index (χ2v) is 5.54. The highest BCUT2D eigenvalue weighted by Crippen LogP contribution is 2.30. The first-order valence-electron chi connectivity index (χ1n) is 7.82. The van der Waals surface area contributed by atoms with Gasteiger partial charge in [-0.2, -0.15) is 0 Å². The molecule has 1 aliphatic carbocycles. The van der Waals surface area contributed by atoms with Crippen LogP contribution in [-0.4, -0.2) is 47.1 Å². The highest BCUT2D eigenvalue weighted by Gasteiger charge is 2.40. The van der Waals surface area contributed by atoms with Crippen molar-refractivity contribution in [1.82, 2.24) is 10.2 Å². The van der Waals surface area contributed by atoms with E-state index in [4.69, 9.17) is 5.11 Å². The number of nitrogens with one attached hydrogen (secondary N) is 1. The number of aliphatic carboxylic acids is 1. The quantitative estimate of drug-likeness (QED) is 0.669. The van der Waals surface area contributed by atoms with E-state index < -0.39 is 11.5 Å². The molecule has 2 N–H and O–H groups in total. The van der Waals surface area contributed by atoms with Gasteiger partial charge in [-0.15, -0.1) is 0 Å². The number of carbonyl (C=O) groups is 2. The van der Waals surface area contributed by atoms with E-state index in [-0.39, 0.29) is 12.3 Å². The van der Waals surface area contributed by atoms with Crippen LogP contribution in [0.5, 0.6) is 0 Å². The molecule has 1 aliphatic rings. The van der Waals surface area contributed by atoms with Gasteiger partial charge in [0, 0.05) is 19.5 Å². The smallest absolute Gasteiger partial charge is 0.303 e. The first-order chi connectivity index (χ1) is 9.55. The summed E-state index contributed by atoms with van der Waals surface area (Å²) >= 11 is 0. The van der Waals surface area contributed by atoms with Crippen molar-refractivity contribution >= 4 is 11.9 Å². The summed E-state index contributed by atoms with van der Waals surface area (Å²) in [5.74, 6) is -0.586. The van der Waals surface area contributed by atoms with Gasteiger partial charge in [0.2, 0.25) is 5.91 Å². The summed E-state index contributed by atoms with van der Waals surface area (Å²) in [6.45, 7) is 6.06. The molecule has 20 heavy (non-hydrogen) atoms. The summed E-state index contributed by atoms with van der Waals surface area (Å²) in [4.78, 5) is 25.2. The highest BCUT2D eigenvalue weighted by molar-refractivity contribution is 5.86. The molecule has 1 saturated carbocycles. The number of carbonyl (C=O) groups excluding carboxylic acids is 1. The van der Waals surface area contributed by atoms with Gasteiger partial charge in [0.25, 0.3) is 0 Å². The number of rotatable bonds is 8. The van der Waals surface area contributed by atoms with Gasteiger partial charge in [-0.25, -0.2) is 0 Å². The van der Waals surface area contributed by atoms with E-state index in [1.165, 1.54) is 6.42 Å². The van der Waals surface area contributed by atoms with Crippen molar-refractivity contribution in [2.75, 3.05) is 19.6 Å². The molecule has 5 heteroatoms. The lowest BCUT2D eigenvalue weighted by atomic mass is 9.80. The SMILES string of the molecule is CCN(CC)C(=O)C1(NCCCC(=O)O)CCCCC1. The van der Waals surface area contributed by atoms with E-state index in [2.05, 4.69) is 5.32 Å². The number of carboxylic acid groups (broad SMARTS) is 1. The third-order valence-corrected chi connectivity index (χ3v) is 4.20. The standard InChI is InChI=1S/C15H28N2O3/c1-3-17(4-2)14(20)15(10-6-5-7-11-15)16-12-8-9-13(18)19/h16H,3-12H2,1-2H3,(H,18,19). The second kappa shape index (κ2) is 8.25. The Kier molecular flexibility index (Phi) is 6.99. The van der Waals surface area contributed by atoms with Gasteiger partial charge in [0.05, 0.1) is 5.54 Å². The molecule has 1 rings (SSSR count). The molecule has 0 bridgehead atoms. The Labute approximate surface area is 121 Å². The van der Waals surface area contributed by atoms with Crippen molar-refractivity contribution < 1.29 is 14.7 Å². The van der Waals surface area contributed by atoms with Crippen LogP contribution in [0.3, 0.4) is 0 Å². The van der Waals surface area contributed by atoms with Crippen LogP contribution in [-0.2, 0) is 9.59 Å². The zero-order valence-corrected chi connectivity index (χ0v) is 12.8. The molecule has 1 amide bonds. The summed E-state index contributed by atoms with van der Waals surface area (Å²) in [6, 6.07) is 0. The van der Waals surface area contributed by atoms with Gasteiger partial charge in [-0.05, 0) is 39.7 Å². The van der Waals surface area contributed by atoms with Crippen LogP contribution < -0.4 is 5.32 Å². The Morgan fingerprint density at radius 3 is 2.25 bits per heavy atom. The van der Waals surface area contributed by atoms with Crippen molar-refractivity contribution in [3.8, 4) is 0 Å². The monoisotopic (exact) mass is 284 g/mol. The lowest BCUT2D eigenvalue weighted by molar-refractivity contribution is -0.139. The summed E-state index contributed by atoms with van der Waals surface area (Å²) in [5.41, 5.74) is -0.456. The molecule has 0 saturated heterocycles.